The fourth-order valence-corrected chi connectivity index (χ4v) is 2.55. The Morgan fingerprint density at radius 1 is 1.10 bits per heavy atom. The van der Waals surface area contributed by atoms with Crippen LogP contribution < -0.4 is 0 Å². The number of nitrogens with zero attached hydrogens (tertiary/aromatic N) is 1. The summed E-state index contributed by atoms with van der Waals surface area (Å²) in [5.74, 6) is 0.245. The predicted molar refractivity (Wildman–Crippen MR) is 85.7 cm³/mol. The molecule has 0 bridgehead atoms. The minimum absolute atomic E-state index is 0.0603. The van der Waals surface area contributed by atoms with Crippen molar-refractivity contribution in [2.45, 2.75) is 19.5 Å². The van der Waals surface area contributed by atoms with E-state index in [1.165, 1.54) is 5.56 Å². The molecule has 1 fully saturated rings. The highest BCUT2D eigenvalue weighted by molar-refractivity contribution is 6.04. The Morgan fingerprint density at radius 3 is 2.38 bits per heavy atom. The zero-order valence-corrected chi connectivity index (χ0v) is 12.2. The summed E-state index contributed by atoms with van der Waals surface area (Å²) in [4.78, 5) is 14.6. The summed E-state index contributed by atoms with van der Waals surface area (Å²) in [5.41, 5.74) is 3.18. The van der Waals surface area contributed by atoms with E-state index >= 15 is 0 Å². The average molecular weight is 277 g/mol. The number of hydrogen-bond donors (Lipinski definition) is 0. The van der Waals surface area contributed by atoms with E-state index in [0.29, 0.717) is 0 Å². The first-order valence-corrected chi connectivity index (χ1v) is 7.29. The van der Waals surface area contributed by atoms with E-state index in [1.807, 2.05) is 61.5 Å². The van der Waals surface area contributed by atoms with Crippen LogP contribution >= 0.6 is 0 Å². The third-order valence-corrected chi connectivity index (χ3v) is 3.82. The number of carbonyl (C=O) groups excluding carboxylic acids is 1. The molecule has 0 aromatic heterocycles. The fraction of sp³-hybridized carbons (Fsp3) is 0.211. The van der Waals surface area contributed by atoms with Gasteiger partial charge in [0.25, 0.3) is 0 Å². The lowest BCUT2D eigenvalue weighted by Crippen LogP contribution is -2.14. The van der Waals surface area contributed by atoms with E-state index in [-0.39, 0.29) is 11.8 Å². The number of benzene rings is 2. The first kappa shape index (κ1) is 13.8. The minimum Gasteiger partial charge on any atom is -0.293 e. The van der Waals surface area contributed by atoms with Crippen molar-refractivity contribution in [3.63, 3.8) is 0 Å². The number of carbonyl (C=O) groups is 1. The number of rotatable bonds is 5. The van der Waals surface area contributed by atoms with Crippen LogP contribution in [-0.2, 0) is 11.3 Å². The van der Waals surface area contributed by atoms with Crippen LogP contribution in [0.4, 0.5) is 0 Å². The van der Waals surface area contributed by atoms with Crippen LogP contribution in [-0.4, -0.2) is 23.3 Å². The third kappa shape index (κ3) is 3.47. The molecule has 0 N–H and O–H groups in total. The van der Waals surface area contributed by atoms with Crippen molar-refractivity contribution >= 4 is 11.9 Å². The predicted octanol–water partition coefficient (Wildman–Crippen LogP) is 3.54. The Balaban J connectivity index is 1.61. The maximum atomic E-state index is 12.4. The van der Waals surface area contributed by atoms with Gasteiger partial charge in [0, 0.05) is 13.1 Å². The highest BCUT2D eigenvalue weighted by Crippen LogP contribution is 2.25. The molecular weight excluding hydrogens is 258 g/mol. The van der Waals surface area contributed by atoms with Crippen molar-refractivity contribution < 1.29 is 4.79 Å². The topological polar surface area (TPSA) is 20.1 Å². The summed E-state index contributed by atoms with van der Waals surface area (Å²) in [6, 6.07) is 20.4. The second-order valence-corrected chi connectivity index (χ2v) is 5.53. The van der Waals surface area contributed by atoms with Gasteiger partial charge in [0.15, 0.2) is 5.78 Å². The molecule has 0 amide bonds. The first-order valence-electron chi connectivity index (χ1n) is 7.29. The monoisotopic (exact) mass is 277 g/mol. The third-order valence-electron chi connectivity index (χ3n) is 3.82. The van der Waals surface area contributed by atoms with Crippen LogP contribution in [0.15, 0.2) is 66.2 Å². The van der Waals surface area contributed by atoms with Gasteiger partial charge in [-0.05, 0) is 29.7 Å². The smallest absolute Gasteiger partial charge is 0.177 e. The molecule has 0 aliphatic carbocycles. The molecular formula is C19H19NO. The molecule has 1 aliphatic rings. The van der Waals surface area contributed by atoms with Gasteiger partial charge in [-0.15, -0.1) is 0 Å². The molecule has 1 saturated heterocycles. The average Bonchev–Trinajstić information content (AvgIpc) is 3.27. The first-order chi connectivity index (χ1) is 10.2. The van der Waals surface area contributed by atoms with Crippen LogP contribution in [0.5, 0.6) is 0 Å². The Morgan fingerprint density at radius 2 is 1.71 bits per heavy atom. The molecule has 1 aliphatic heterocycles. The van der Waals surface area contributed by atoms with E-state index in [9.17, 15) is 4.79 Å². The quantitative estimate of drug-likeness (QED) is 0.615. The van der Waals surface area contributed by atoms with Crippen molar-refractivity contribution in [3.8, 4) is 0 Å². The summed E-state index contributed by atoms with van der Waals surface area (Å²) in [6.45, 7) is 3.64. The Kier molecular flexibility index (Phi) is 3.98. The van der Waals surface area contributed by atoms with E-state index in [1.54, 1.807) is 0 Å². The molecule has 2 nitrogen and oxygen atoms in total. The maximum Gasteiger partial charge on any atom is 0.177 e. The maximum absolute atomic E-state index is 12.4. The zero-order valence-electron chi connectivity index (χ0n) is 12.2. The summed E-state index contributed by atoms with van der Waals surface area (Å²) in [7, 11) is 0. The molecule has 0 radical (unpaired) electrons. The summed E-state index contributed by atoms with van der Waals surface area (Å²) in [6.07, 6.45) is 1.97. The highest BCUT2D eigenvalue weighted by atomic mass is 16.1. The van der Waals surface area contributed by atoms with Gasteiger partial charge in [0.2, 0.25) is 0 Å². The largest absolute Gasteiger partial charge is 0.293 e. The van der Waals surface area contributed by atoms with Gasteiger partial charge in [-0.2, -0.15) is 0 Å². The lowest BCUT2D eigenvalue weighted by atomic mass is 10.1. The lowest BCUT2D eigenvalue weighted by Gasteiger charge is -2.04. The SMILES string of the molecule is C/C(=C\c1ccccc1)C(=O)C1CN1Cc1ccccc1. The molecule has 21 heavy (non-hydrogen) atoms. The van der Waals surface area contributed by atoms with Gasteiger partial charge in [0.1, 0.15) is 0 Å². The Hall–Kier alpha value is -2.19. The van der Waals surface area contributed by atoms with Gasteiger partial charge in [-0.25, -0.2) is 0 Å². The van der Waals surface area contributed by atoms with Crippen molar-refractivity contribution in [1.82, 2.24) is 4.90 Å². The molecule has 2 aromatic carbocycles. The van der Waals surface area contributed by atoms with Gasteiger partial charge >= 0.3 is 0 Å². The molecule has 106 valence electrons. The van der Waals surface area contributed by atoms with Crippen molar-refractivity contribution in [2.24, 2.45) is 0 Å². The Bertz CT molecular complexity index is 646. The van der Waals surface area contributed by atoms with Crippen molar-refractivity contribution in [1.29, 1.82) is 0 Å². The summed E-state index contributed by atoms with van der Waals surface area (Å²) < 4.78 is 0. The normalized spacial score (nSPS) is 21.1. The summed E-state index contributed by atoms with van der Waals surface area (Å²) in [5, 5.41) is 0. The van der Waals surface area contributed by atoms with Crippen molar-refractivity contribution in [2.75, 3.05) is 6.54 Å². The van der Waals surface area contributed by atoms with Crippen molar-refractivity contribution in [3.05, 3.63) is 77.4 Å². The zero-order chi connectivity index (χ0) is 14.7. The van der Waals surface area contributed by atoms with Crippen LogP contribution in [0.1, 0.15) is 18.1 Å². The van der Waals surface area contributed by atoms with Gasteiger partial charge in [0.05, 0.1) is 6.04 Å². The second-order valence-electron chi connectivity index (χ2n) is 5.53. The van der Waals surface area contributed by atoms with E-state index in [4.69, 9.17) is 0 Å². The molecule has 3 rings (SSSR count). The van der Waals surface area contributed by atoms with Gasteiger partial charge in [-0.3, -0.25) is 9.69 Å². The van der Waals surface area contributed by atoms with E-state index < -0.39 is 0 Å². The number of ketones is 1. The molecule has 2 unspecified atom stereocenters. The van der Waals surface area contributed by atoms with E-state index in [2.05, 4.69) is 17.0 Å². The van der Waals surface area contributed by atoms with Crippen LogP contribution in [0.3, 0.4) is 0 Å². The summed E-state index contributed by atoms with van der Waals surface area (Å²) >= 11 is 0. The molecule has 0 saturated carbocycles. The fourth-order valence-electron chi connectivity index (χ4n) is 2.55. The van der Waals surface area contributed by atoms with Crippen LogP contribution in [0, 0.1) is 0 Å². The lowest BCUT2D eigenvalue weighted by molar-refractivity contribution is -0.115. The van der Waals surface area contributed by atoms with Gasteiger partial charge < -0.3 is 0 Å². The van der Waals surface area contributed by atoms with Gasteiger partial charge in [-0.1, -0.05) is 60.7 Å². The molecule has 2 atom stereocenters. The Labute approximate surface area is 125 Å². The van der Waals surface area contributed by atoms with Crippen LogP contribution in [0.2, 0.25) is 0 Å². The molecule has 2 aromatic rings. The second kappa shape index (κ2) is 6.06. The highest BCUT2D eigenvalue weighted by Gasteiger charge is 2.40. The molecule has 0 spiro atoms. The molecule has 2 heteroatoms. The number of Topliss-reactive ketones (excluding diaryl/α,β-unsaturated/α-hetero) is 1. The molecule has 1 heterocycles. The van der Waals surface area contributed by atoms with E-state index in [0.717, 1.165) is 24.2 Å². The van der Waals surface area contributed by atoms with Crippen LogP contribution in [0.25, 0.3) is 6.08 Å². The standard InChI is InChI=1S/C19H19NO/c1-15(12-16-8-4-2-5-9-16)19(21)18-14-20(18)13-17-10-6-3-7-11-17/h2-12,18H,13-14H2,1H3/b15-12+. The number of hydrogen-bond acceptors (Lipinski definition) is 2. The minimum atomic E-state index is 0.0603.